The van der Waals surface area contributed by atoms with Gasteiger partial charge in [-0.05, 0) is 51.1 Å². The van der Waals surface area contributed by atoms with E-state index in [1.54, 1.807) is 13.0 Å². The van der Waals surface area contributed by atoms with Crippen molar-refractivity contribution in [3.05, 3.63) is 52.9 Å². The summed E-state index contributed by atoms with van der Waals surface area (Å²) in [6.45, 7) is 7.72. The second kappa shape index (κ2) is 7.58. The van der Waals surface area contributed by atoms with Gasteiger partial charge in [0.2, 0.25) is 5.91 Å². The van der Waals surface area contributed by atoms with Crippen molar-refractivity contribution < 1.29 is 4.79 Å². The summed E-state index contributed by atoms with van der Waals surface area (Å²) in [6.07, 6.45) is 1.49. The third kappa shape index (κ3) is 3.97. The highest BCUT2D eigenvalue weighted by atomic mass is 16.2. The minimum atomic E-state index is -0.675. The van der Waals surface area contributed by atoms with Crippen molar-refractivity contribution in [1.29, 1.82) is 0 Å². The Bertz CT molecular complexity index is 705. The number of hydrogen-bond acceptors (Lipinski definition) is 4. The molecule has 1 aromatic heterocycles. The van der Waals surface area contributed by atoms with Crippen LogP contribution in [0.5, 0.6) is 0 Å². The zero-order valence-corrected chi connectivity index (χ0v) is 13.7. The number of aromatic nitrogens is 2. The van der Waals surface area contributed by atoms with Crippen molar-refractivity contribution in [3.8, 4) is 0 Å². The smallest absolute Gasteiger partial charge is 0.267 e. The van der Waals surface area contributed by atoms with Crippen LogP contribution in [-0.2, 0) is 4.79 Å². The fourth-order valence-corrected chi connectivity index (χ4v) is 2.36. The molecule has 1 amide bonds. The molecule has 0 saturated heterocycles. The maximum atomic E-state index is 12.3. The number of hydrogen-bond donors (Lipinski definition) is 1. The summed E-state index contributed by atoms with van der Waals surface area (Å²) in [5.74, 6) is -0.276. The first-order valence-electron chi connectivity index (χ1n) is 7.76. The predicted octanol–water partition coefficient (Wildman–Crippen LogP) is 2.29. The first-order valence-corrected chi connectivity index (χ1v) is 7.76. The lowest BCUT2D eigenvalue weighted by atomic mass is 10.2. The third-order valence-corrected chi connectivity index (χ3v) is 3.75. The number of amides is 1. The summed E-state index contributed by atoms with van der Waals surface area (Å²) in [7, 11) is 0. The SMILES string of the molecule is CCN(CC)c1ccc(NC(=O)C(C)n2ncccc2=O)cc1. The van der Waals surface area contributed by atoms with Gasteiger partial charge in [0.05, 0.1) is 0 Å². The number of carbonyl (C=O) groups is 1. The molecule has 0 saturated carbocycles. The van der Waals surface area contributed by atoms with E-state index in [4.69, 9.17) is 0 Å². The summed E-state index contributed by atoms with van der Waals surface area (Å²) < 4.78 is 1.17. The van der Waals surface area contributed by atoms with Crippen molar-refractivity contribution in [2.45, 2.75) is 26.8 Å². The summed E-state index contributed by atoms with van der Waals surface area (Å²) in [5, 5.41) is 6.75. The topological polar surface area (TPSA) is 67.2 Å². The van der Waals surface area contributed by atoms with Crippen LogP contribution in [0.15, 0.2) is 47.4 Å². The molecule has 0 aliphatic carbocycles. The number of nitrogens with one attached hydrogen (secondary N) is 1. The standard InChI is InChI=1S/C17H22N4O2/c1-4-20(5-2)15-10-8-14(9-11-15)19-17(23)13(3)21-16(22)7-6-12-18-21/h6-13H,4-5H2,1-3H3,(H,19,23). The van der Waals surface area contributed by atoms with E-state index in [1.165, 1.54) is 16.9 Å². The molecule has 0 fully saturated rings. The van der Waals surface area contributed by atoms with E-state index in [1.807, 2.05) is 24.3 Å². The highest BCUT2D eigenvalue weighted by Gasteiger charge is 2.17. The minimum absolute atomic E-state index is 0.276. The lowest BCUT2D eigenvalue weighted by Crippen LogP contribution is -2.32. The summed E-state index contributed by atoms with van der Waals surface area (Å²) in [4.78, 5) is 26.2. The normalized spacial score (nSPS) is 11.8. The highest BCUT2D eigenvalue weighted by Crippen LogP contribution is 2.18. The molecule has 1 N–H and O–H groups in total. The van der Waals surface area contributed by atoms with Crippen molar-refractivity contribution in [3.63, 3.8) is 0 Å². The second-order valence-electron chi connectivity index (χ2n) is 5.19. The van der Waals surface area contributed by atoms with Crippen LogP contribution >= 0.6 is 0 Å². The van der Waals surface area contributed by atoms with Gasteiger partial charge in [0.25, 0.3) is 5.56 Å². The van der Waals surface area contributed by atoms with Crippen LogP contribution in [0.4, 0.5) is 11.4 Å². The van der Waals surface area contributed by atoms with Crippen LogP contribution < -0.4 is 15.8 Å². The molecule has 23 heavy (non-hydrogen) atoms. The average Bonchev–Trinajstić information content (AvgIpc) is 2.57. The number of nitrogens with zero attached hydrogens (tertiary/aromatic N) is 3. The van der Waals surface area contributed by atoms with Gasteiger partial charge in [-0.3, -0.25) is 9.59 Å². The lowest BCUT2D eigenvalue weighted by molar-refractivity contribution is -0.119. The monoisotopic (exact) mass is 314 g/mol. The molecule has 0 spiro atoms. The Morgan fingerprint density at radius 3 is 2.43 bits per heavy atom. The van der Waals surface area contributed by atoms with Crippen LogP contribution in [0, 0.1) is 0 Å². The van der Waals surface area contributed by atoms with Crippen LogP contribution in [0.1, 0.15) is 26.8 Å². The Morgan fingerprint density at radius 1 is 1.22 bits per heavy atom. The van der Waals surface area contributed by atoms with Gasteiger partial charge in [-0.15, -0.1) is 0 Å². The van der Waals surface area contributed by atoms with E-state index in [2.05, 4.69) is 29.2 Å². The zero-order chi connectivity index (χ0) is 16.8. The molecule has 122 valence electrons. The molecule has 6 nitrogen and oxygen atoms in total. The van der Waals surface area contributed by atoms with Crippen LogP contribution in [0.25, 0.3) is 0 Å². The third-order valence-electron chi connectivity index (χ3n) is 3.75. The van der Waals surface area contributed by atoms with Crippen LogP contribution in [-0.4, -0.2) is 28.8 Å². The zero-order valence-electron chi connectivity index (χ0n) is 13.7. The Labute approximate surface area is 135 Å². The van der Waals surface area contributed by atoms with Crippen molar-refractivity contribution in [1.82, 2.24) is 9.78 Å². The van der Waals surface area contributed by atoms with Crippen molar-refractivity contribution in [2.24, 2.45) is 0 Å². The van der Waals surface area contributed by atoms with E-state index in [-0.39, 0.29) is 11.5 Å². The van der Waals surface area contributed by atoms with E-state index in [0.717, 1.165) is 18.8 Å². The van der Waals surface area contributed by atoms with E-state index < -0.39 is 6.04 Å². The molecule has 0 aliphatic rings. The molecular formula is C17H22N4O2. The van der Waals surface area contributed by atoms with Gasteiger partial charge in [0, 0.05) is 36.7 Å². The van der Waals surface area contributed by atoms with Crippen LogP contribution in [0.3, 0.4) is 0 Å². The predicted molar refractivity (Wildman–Crippen MR) is 91.8 cm³/mol. The molecule has 0 radical (unpaired) electrons. The molecule has 1 aromatic carbocycles. The summed E-state index contributed by atoms with van der Waals surface area (Å²) in [5.41, 5.74) is 1.51. The van der Waals surface area contributed by atoms with E-state index in [0.29, 0.717) is 5.69 Å². The first kappa shape index (κ1) is 16.7. The fourth-order valence-electron chi connectivity index (χ4n) is 2.36. The molecule has 1 atom stereocenters. The first-order chi connectivity index (χ1) is 11.1. The largest absolute Gasteiger partial charge is 0.372 e. The summed E-state index contributed by atoms with van der Waals surface area (Å²) in [6, 6.07) is 9.93. The number of benzene rings is 1. The van der Waals surface area contributed by atoms with E-state index >= 15 is 0 Å². The molecule has 2 rings (SSSR count). The quantitative estimate of drug-likeness (QED) is 0.888. The second-order valence-corrected chi connectivity index (χ2v) is 5.19. The van der Waals surface area contributed by atoms with Crippen molar-refractivity contribution in [2.75, 3.05) is 23.3 Å². The molecule has 0 bridgehead atoms. The molecule has 1 unspecified atom stereocenters. The van der Waals surface area contributed by atoms with Gasteiger partial charge in [-0.1, -0.05) is 0 Å². The summed E-state index contributed by atoms with van der Waals surface area (Å²) >= 11 is 0. The molecular weight excluding hydrogens is 292 g/mol. The Kier molecular flexibility index (Phi) is 5.51. The van der Waals surface area contributed by atoms with Gasteiger partial charge in [0.1, 0.15) is 6.04 Å². The van der Waals surface area contributed by atoms with Gasteiger partial charge < -0.3 is 10.2 Å². The van der Waals surface area contributed by atoms with Gasteiger partial charge >= 0.3 is 0 Å². The molecule has 2 aromatic rings. The van der Waals surface area contributed by atoms with Gasteiger partial charge in [-0.2, -0.15) is 5.10 Å². The number of anilines is 2. The fraction of sp³-hybridized carbons (Fsp3) is 0.353. The highest BCUT2D eigenvalue weighted by molar-refractivity contribution is 5.93. The molecule has 0 aliphatic heterocycles. The maximum absolute atomic E-state index is 12.3. The van der Waals surface area contributed by atoms with Gasteiger partial charge in [-0.25, -0.2) is 4.68 Å². The van der Waals surface area contributed by atoms with E-state index in [9.17, 15) is 9.59 Å². The molecule has 1 heterocycles. The average molecular weight is 314 g/mol. The van der Waals surface area contributed by atoms with Crippen LogP contribution in [0.2, 0.25) is 0 Å². The lowest BCUT2D eigenvalue weighted by Gasteiger charge is -2.21. The molecule has 6 heteroatoms. The van der Waals surface area contributed by atoms with Gasteiger partial charge in [0.15, 0.2) is 0 Å². The number of carbonyl (C=O) groups excluding carboxylic acids is 1. The maximum Gasteiger partial charge on any atom is 0.267 e. The van der Waals surface area contributed by atoms with Crippen molar-refractivity contribution >= 4 is 17.3 Å². The Balaban J connectivity index is 2.08. The number of rotatable bonds is 6. The minimum Gasteiger partial charge on any atom is -0.372 e. The Morgan fingerprint density at radius 2 is 1.87 bits per heavy atom. The Hall–Kier alpha value is -2.63.